The molecule has 7 heteroatoms. The number of nitrogens with one attached hydrogen (secondary N) is 1. The number of hydrogen-bond donors (Lipinski definition) is 3. The molecule has 0 spiro atoms. The summed E-state index contributed by atoms with van der Waals surface area (Å²) in [6.07, 6.45) is 0. The van der Waals surface area contributed by atoms with Crippen molar-refractivity contribution in [1.82, 2.24) is 4.90 Å². The quantitative estimate of drug-likeness (QED) is 0.697. The summed E-state index contributed by atoms with van der Waals surface area (Å²) in [5.41, 5.74) is -0.0481. The number of likely N-dealkylation sites (N-methyl/N-ethyl adjacent to an activating group) is 1. The summed E-state index contributed by atoms with van der Waals surface area (Å²) in [6.45, 7) is 0.758. The molecule has 0 atom stereocenters. The molecule has 0 aliphatic heterocycles. The number of carbonyl (C=O) groups is 2. The maximum atomic E-state index is 11.8. The Balaban J connectivity index is 2.81. The number of anilines is 1. The second kappa shape index (κ2) is 6.60. The number of nitrogens with zero attached hydrogens (tertiary/aromatic N) is 1. The van der Waals surface area contributed by atoms with Crippen LogP contribution in [0.5, 0.6) is 5.75 Å². The Morgan fingerprint density at radius 2 is 2.11 bits per heavy atom. The van der Waals surface area contributed by atoms with Crippen molar-refractivity contribution < 1.29 is 24.5 Å². The normalized spacial score (nSPS) is 10.0. The van der Waals surface area contributed by atoms with E-state index in [9.17, 15) is 14.7 Å². The van der Waals surface area contributed by atoms with E-state index >= 15 is 0 Å². The van der Waals surface area contributed by atoms with Gasteiger partial charge in [-0.3, -0.25) is 0 Å². The highest BCUT2D eigenvalue weighted by atomic mass is 16.5. The van der Waals surface area contributed by atoms with Gasteiger partial charge in [0.05, 0.1) is 17.9 Å². The van der Waals surface area contributed by atoms with Crippen molar-refractivity contribution in [2.24, 2.45) is 0 Å². The molecule has 0 aliphatic carbocycles. The molecule has 0 unspecified atom stereocenters. The van der Waals surface area contributed by atoms with Gasteiger partial charge in [-0.05, 0) is 18.2 Å². The van der Waals surface area contributed by atoms with Gasteiger partial charge in [-0.2, -0.15) is 0 Å². The van der Waals surface area contributed by atoms with Crippen molar-refractivity contribution in [3.8, 4) is 5.75 Å². The van der Waals surface area contributed by atoms with Crippen LogP contribution in [0.2, 0.25) is 0 Å². The predicted octanol–water partition coefficient (Wildman–Crippen LogP) is 1.20. The Morgan fingerprint density at radius 1 is 1.42 bits per heavy atom. The van der Waals surface area contributed by atoms with Crippen LogP contribution in [0, 0.1) is 0 Å². The molecule has 1 rings (SSSR count). The van der Waals surface area contributed by atoms with Gasteiger partial charge in [0.25, 0.3) is 0 Å². The van der Waals surface area contributed by atoms with E-state index in [2.05, 4.69) is 5.32 Å². The minimum absolute atomic E-state index is 0.125. The van der Waals surface area contributed by atoms with Crippen molar-refractivity contribution >= 4 is 17.7 Å². The second-order valence-corrected chi connectivity index (χ2v) is 3.88. The number of carbonyl (C=O) groups excluding carboxylic acids is 1. The third kappa shape index (κ3) is 4.14. The minimum Gasteiger partial charge on any atom is -0.508 e. The highest BCUT2D eigenvalue weighted by molar-refractivity contribution is 6.00. The van der Waals surface area contributed by atoms with Crippen LogP contribution in [0.25, 0.3) is 0 Å². The smallest absolute Gasteiger partial charge is 0.337 e. The molecule has 3 N–H and O–H groups in total. The fourth-order valence-corrected chi connectivity index (χ4v) is 1.36. The van der Waals surface area contributed by atoms with Crippen LogP contribution >= 0.6 is 0 Å². The molecule has 1 aromatic rings. The molecule has 7 nitrogen and oxygen atoms in total. The third-order valence-corrected chi connectivity index (χ3v) is 2.45. The van der Waals surface area contributed by atoms with Crippen LogP contribution in [-0.2, 0) is 4.74 Å². The fourth-order valence-electron chi connectivity index (χ4n) is 1.36. The fraction of sp³-hybridized carbons (Fsp3) is 0.333. The molecule has 104 valence electrons. The van der Waals surface area contributed by atoms with E-state index in [1.807, 2.05) is 0 Å². The molecule has 0 bridgehead atoms. The number of hydrogen-bond acceptors (Lipinski definition) is 4. The van der Waals surface area contributed by atoms with E-state index in [4.69, 9.17) is 9.84 Å². The van der Waals surface area contributed by atoms with Gasteiger partial charge in [-0.25, -0.2) is 9.59 Å². The summed E-state index contributed by atoms with van der Waals surface area (Å²) in [7, 11) is 3.09. The Hall–Kier alpha value is -2.28. The number of carboxylic acids is 1. The van der Waals surface area contributed by atoms with Crippen molar-refractivity contribution in [2.75, 3.05) is 32.6 Å². The first-order valence-electron chi connectivity index (χ1n) is 5.53. The number of amides is 2. The third-order valence-electron chi connectivity index (χ3n) is 2.45. The zero-order chi connectivity index (χ0) is 14.4. The van der Waals surface area contributed by atoms with Crippen molar-refractivity contribution in [3.63, 3.8) is 0 Å². The first-order valence-corrected chi connectivity index (χ1v) is 5.53. The van der Waals surface area contributed by atoms with E-state index in [0.29, 0.717) is 13.2 Å². The van der Waals surface area contributed by atoms with Gasteiger partial charge in [0.15, 0.2) is 0 Å². The van der Waals surface area contributed by atoms with E-state index in [-0.39, 0.29) is 17.0 Å². The highest BCUT2D eigenvalue weighted by Gasteiger charge is 2.15. The van der Waals surface area contributed by atoms with E-state index < -0.39 is 12.0 Å². The maximum Gasteiger partial charge on any atom is 0.337 e. The summed E-state index contributed by atoms with van der Waals surface area (Å²) >= 11 is 0. The average Bonchev–Trinajstić information content (AvgIpc) is 2.37. The number of methoxy groups -OCH3 is 1. The molecule has 0 saturated heterocycles. The molecular formula is C12H16N2O5. The molecule has 1 aromatic carbocycles. The van der Waals surface area contributed by atoms with Crippen LogP contribution in [0.1, 0.15) is 10.4 Å². The Bertz CT molecular complexity index is 475. The zero-order valence-corrected chi connectivity index (χ0v) is 10.7. The number of carboxylic acid groups (broad SMARTS) is 1. The summed E-state index contributed by atoms with van der Waals surface area (Å²) in [4.78, 5) is 24.1. The van der Waals surface area contributed by atoms with E-state index in [1.165, 1.54) is 24.1 Å². The number of urea groups is 1. The molecule has 0 fully saturated rings. The van der Waals surface area contributed by atoms with Crippen LogP contribution in [-0.4, -0.2) is 54.4 Å². The van der Waals surface area contributed by atoms with Crippen LogP contribution in [0.4, 0.5) is 10.5 Å². The number of rotatable bonds is 5. The topological polar surface area (TPSA) is 99.1 Å². The number of benzene rings is 1. The predicted molar refractivity (Wildman–Crippen MR) is 68.6 cm³/mol. The van der Waals surface area contributed by atoms with Gasteiger partial charge < -0.3 is 25.2 Å². The van der Waals surface area contributed by atoms with Crippen molar-refractivity contribution in [3.05, 3.63) is 23.8 Å². The molecule has 2 amide bonds. The van der Waals surface area contributed by atoms with Gasteiger partial charge in [0, 0.05) is 20.7 Å². The van der Waals surface area contributed by atoms with Crippen LogP contribution < -0.4 is 5.32 Å². The summed E-state index contributed by atoms with van der Waals surface area (Å²) in [5, 5.41) is 20.7. The number of aromatic carboxylic acids is 1. The van der Waals surface area contributed by atoms with Crippen molar-refractivity contribution in [1.29, 1.82) is 0 Å². The summed E-state index contributed by atoms with van der Waals surface area (Å²) < 4.78 is 4.84. The summed E-state index contributed by atoms with van der Waals surface area (Å²) in [5.74, 6) is -1.41. The Kier molecular flexibility index (Phi) is 5.13. The van der Waals surface area contributed by atoms with Crippen molar-refractivity contribution in [2.45, 2.75) is 0 Å². The van der Waals surface area contributed by atoms with Gasteiger partial charge in [-0.1, -0.05) is 0 Å². The lowest BCUT2D eigenvalue weighted by molar-refractivity contribution is 0.0697. The molecule has 19 heavy (non-hydrogen) atoms. The monoisotopic (exact) mass is 268 g/mol. The van der Waals surface area contributed by atoms with Gasteiger partial charge >= 0.3 is 12.0 Å². The Labute approximate surface area is 110 Å². The first kappa shape index (κ1) is 14.8. The maximum absolute atomic E-state index is 11.8. The minimum atomic E-state index is -1.23. The second-order valence-electron chi connectivity index (χ2n) is 3.88. The molecule has 0 radical (unpaired) electrons. The molecular weight excluding hydrogens is 252 g/mol. The zero-order valence-electron chi connectivity index (χ0n) is 10.7. The largest absolute Gasteiger partial charge is 0.508 e. The van der Waals surface area contributed by atoms with Crippen LogP contribution in [0.3, 0.4) is 0 Å². The number of ether oxygens (including phenoxy) is 1. The lowest BCUT2D eigenvalue weighted by Gasteiger charge is -2.18. The molecule has 0 heterocycles. The number of phenols is 1. The average molecular weight is 268 g/mol. The lowest BCUT2D eigenvalue weighted by atomic mass is 10.1. The van der Waals surface area contributed by atoms with E-state index in [1.54, 1.807) is 7.05 Å². The van der Waals surface area contributed by atoms with E-state index in [0.717, 1.165) is 6.07 Å². The number of aromatic hydroxyl groups is 1. The van der Waals surface area contributed by atoms with Gasteiger partial charge in [0.1, 0.15) is 5.75 Å². The Morgan fingerprint density at radius 3 is 2.68 bits per heavy atom. The van der Waals surface area contributed by atoms with Gasteiger partial charge in [-0.15, -0.1) is 0 Å². The lowest BCUT2D eigenvalue weighted by Crippen LogP contribution is -2.34. The SMILES string of the molecule is COCCN(C)C(=O)Nc1ccc(O)cc1C(=O)O. The van der Waals surface area contributed by atoms with Gasteiger partial charge in [0.2, 0.25) is 0 Å². The standard InChI is InChI=1S/C12H16N2O5/c1-14(5-6-19-2)12(18)13-10-4-3-8(15)7-9(10)11(16)17/h3-4,7,15H,5-6H2,1-2H3,(H,13,18)(H,16,17). The molecule has 0 aliphatic rings. The molecule has 0 aromatic heterocycles. The van der Waals surface area contributed by atoms with Crippen LogP contribution in [0.15, 0.2) is 18.2 Å². The first-order chi connectivity index (χ1) is 8.95. The number of phenolic OH excluding ortho intramolecular Hbond substituents is 1. The summed E-state index contributed by atoms with van der Waals surface area (Å²) in [6, 6.07) is 3.26. The highest BCUT2D eigenvalue weighted by Crippen LogP contribution is 2.21. The molecule has 0 saturated carbocycles.